The van der Waals surface area contributed by atoms with Crippen molar-refractivity contribution in [1.82, 2.24) is 16.0 Å². The Bertz CT molecular complexity index is 1080. The summed E-state index contributed by atoms with van der Waals surface area (Å²) in [4.78, 5) is 49.4. The highest BCUT2D eigenvalue weighted by atomic mass is 16.6. The van der Waals surface area contributed by atoms with Gasteiger partial charge in [0.2, 0.25) is 5.91 Å². The molecule has 0 aliphatic rings. The highest BCUT2D eigenvalue weighted by molar-refractivity contribution is 5.85. The van der Waals surface area contributed by atoms with Crippen molar-refractivity contribution in [2.24, 2.45) is 0 Å². The monoisotopic (exact) mass is 541 g/mol. The summed E-state index contributed by atoms with van der Waals surface area (Å²) >= 11 is 0. The summed E-state index contributed by atoms with van der Waals surface area (Å²) in [5, 5.41) is 8.10. The van der Waals surface area contributed by atoms with Gasteiger partial charge in [-0.05, 0) is 57.2 Å². The van der Waals surface area contributed by atoms with Crippen LogP contribution in [0.15, 0.2) is 54.6 Å². The molecule has 212 valence electrons. The average molecular weight is 542 g/mol. The number of esters is 1. The summed E-state index contributed by atoms with van der Waals surface area (Å²) < 4.78 is 15.5. The van der Waals surface area contributed by atoms with Crippen LogP contribution in [0, 0.1) is 0 Å². The summed E-state index contributed by atoms with van der Waals surface area (Å²) in [5.74, 6) is -0.769. The molecule has 0 fully saturated rings. The lowest BCUT2D eigenvalue weighted by molar-refractivity contribution is -0.142. The number of alkyl carbamates (subject to hydrolysis) is 2. The van der Waals surface area contributed by atoms with Crippen LogP contribution in [0.5, 0.6) is 0 Å². The third kappa shape index (κ3) is 12.8. The van der Waals surface area contributed by atoms with E-state index in [1.54, 1.807) is 33.8 Å². The van der Waals surface area contributed by atoms with E-state index < -0.39 is 29.7 Å². The molecule has 39 heavy (non-hydrogen) atoms. The number of hydrogen-bond acceptors (Lipinski definition) is 7. The van der Waals surface area contributed by atoms with Crippen molar-refractivity contribution in [2.45, 2.75) is 71.8 Å². The molecule has 0 bridgehead atoms. The predicted octanol–water partition coefficient (Wildman–Crippen LogP) is 4.01. The topological polar surface area (TPSA) is 132 Å². The lowest BCUT2D eigenvalue weighted by Crippen LogP contribution is -2.48. The van der Waals surface area contributed by atoms with Crippen molar-refractivity contribution < 1.29 is 33.4 Å². The highest BCUT2D eigenvalue weighted by Crippen LogP contribution is 2.12. The minimum Gasteiger partial charge on any atom is -0.466 e. The van der Waals surface area contributed by atoms with Gasteiger partial charge >= 0.3 is 18.2 Å². The Hall–Kier alpha value is -4.08. The molecular weight excluding hydrogens is 502 g/mol. The Balaban J connectivity index is 1.92. The minimum absolute atomic E-state index is 0.0888. The first-order chi connectivity index (χ1) is 18.6. The summed E-state index contributed by atoms with van der Waals surface area (Å²) in [6, 6.07) is 15.6. The van der Waals surface area contributed by atoms with Gasteiger partial charge in [-0.15, -0.1) is 0 Å². The number of rotatable bonds is 13. The molecule has 0 aliphatic heterocycles. The van der Waals surface area contributed by atoms with Crippen LogP contribution < -0.4 is 16.0 Å². The number of carbonyl (C=O) groups is 4. The molecule has 0 aromatic heterocycles. The second-order valence-electron chi connectivity index (χ2n) is 9.80. The molecule has 10 heteroatoms. The molecule has 0 saturated carbocycles. The molecule has 0 saturated heterocycles. The van der Waals surface area contributed by atoms with Crippen molar-refractivity contribution in [1.29, 1.82) is 0 Å². The first kappa shape index (κ1) is 31.1. The van der Waals surface area contributed by atoms with E-state index in [1.165, 1.54) is 0 Å². The predicted molar refractivity (Wildman–Crippen MR) is 146 cm³/mol. The fourth-order valence-electron chi connectivity index (χ4n) is 3.56. The van der Waals surface area contributed by atoms with Gasteiger partial charge in [-0.2, -0.15) is 0 Å². The smallest absolute Gasteiger partial charge is 0.408 e. The first-order valence-corrected chi connectivity index (χ1v) is 13.0. The molecule has 2 aromatic rings. The van der Waals surface area contributed by atoms with Gasteiger partial charge in [0.1, 0.15) is 18.2 Å². The molecule has 2 aromatic carbocycles. The van der Waals surface area contributed by atoms with E-state index in [1.807, 2.05) is 48.5 Å². The molecule has 3 amide bonds. The molecule has 10 nitrogen and oxygen atoms in total. The van der Waals surface area contributed by atoms with E-state index in [0.717, 1.165) is 16.7 Å². The van der Waals surface area contributed by atoms with Crippen LogP contribution in [0.3, 0.4) is 0 Å². The van der Waals surface area contributed by atoms with Crippen molar-refractivity contribution in [3.05, 3.63) is 71.3 Å². The quantitative estimate of drug-likeness (QED) is 0.198. The standard InChI is InChI=1S/C29H39N3O7/c1-5-37-25(33)18-22-14-9-10-15-23(22)19-31-26(34)24(32-28(36)39-29(2,3)4)16-11-17-30-27(35)38-20-21-12-7-6-8-13-21/h6-10,12-15,24H,5,11,16-20H2,1-4H3,(H,30,35)(H,31,34)(H,32,36)/t24-/m0/s1. The number of benzene rings is 2. The van der Waals surface area contributed by atoms with Gasteiger partial charge in [0, 0.05) is 13.1 Å². The van der Waals surface area contributed by atoms with Crippen LogP contribution in [0.4, 0.5) is 9.59 Å². The van der Waals surface area contributed by atoms with Gasteiger partial charge in [0.05, 0.1) is 13.0 Å². The van der Waals surface area contributed by atoms with Crippen molar-refractivity contribution in [3.63, 3.8) is 0 Å². The van der Waals surface area contributed by atoms with E-state index >= 15 is 0 Å². The lowest BCUT2D eigenvalue weighted by Gasteiger charge is -2.23. The summed E-state index contributed by atoms with van der Waals surface area (Å²) in [6.07, 6.45) is -0.563. The van der Waals surface area contributed by atoms with E-state index in [2.05, 4.69) is 16.0 Å². The molecule has 0 unspecified atom stereocenters. The molecule has 2 rings (SSSR count). The van der Waals surface area contributed by atoms with Crippen LogP contribution in [0.2, 0.25) is 0 Å². The Morgan fingerprint density at radius 3 is 2.18 bits per heavy atom. The van der Waals surface area contributed by atoms with Crippen molar-refractivity contribution in [3.8, 4) is 0 Å². The van der Waals surface area contributed by atoms with Crippen LogP contribution in [0.25, 0.3) is 0 Å². The Morgan fingerprint density at radius 1 is 0.846 bits per heavy atom. The van der Waals surface area contributed by atoms with Crippen molar-refractivity contribution in [2.75, 3.05) is 13.2 Å². The van der Waals surface area contributed by atoms with Gasteiger partial charge in [0.25, 0.3) is 0 Å². The molecule has 3 N–H and O–H groups in total. The summed E-state index contributed by atoms with van der Waals surface area (Å²) in [5.41, 5.74) is 1.64. The van der Waals surface area contributed by atoms with E-state index in [9.17, 15) is 19.2 Å². The van der Waals surface area contributed by atoms with Gasteiger partial charge in [-0.25, -0.2) is 9.59 Å². The van der Waals surface area contributed by atoms with Crippen LogP contribution in [-0.4, -0.2) is 48.9 Å². The van der Waals surface area contributed by atoms with Crippen LogP contribution in [-0.2, 0) is 43.4 Å². The largest absolute Gasteiger partial charge is 0.466 e. The van der Waals surface area contributed by atoms with E-state index in [-0.39, 0.29) is 45.1 Å². The number of nitrogens with one attached hydrogen (secondary N) is 3. The zero-order chi connectivity index (χ0) is 28.7. The maximum atomic E-state index is 13.1. The number of ether oxygens (including phenoxy) is 3. The number of amides is 3. The third-order valence-corrected chi connectivity index (χ3v) is 5.37. The Kier molecular flexibility index (Phi) is 12.8. The third-order valence-electron chi connectivity index (χ3n) is 5.37. The van der Waals surface area contributed by atoms with Gasteiger partial charge in [-0.1, -0.05) is 54.6 Å². The molecule has 0 aliphatic carbocycles. The summed E-state index contributed by atoms with van der Waals surface area (Å²) in [6.45, 7) is 7.77. The van der Waals surface area contributed by atoms with Gasteiger partial charge in [0.15, 0.2) is 0 Å². The molecule has 0 radical (unpaired) electrons. The zero-order valence-electron chi connectivity index (χ0n) is 23.1. The van der Waals surface area contributed by atoms with Gasteiger partial charge in [-0.3, -0.25) is 9.59 Å². The first-order valence-electron chi connectivity index (χ1n) is 13.0. The fraction of sp³-hybridized carbons (Fsp3) is 0.448. The lowest BCUT2D eigenvalue weighted by atomic mass is 10.0. The Morgan fingerprint density at radius 2 is 1.51 bits per heavy atom. The molecule has 0 heterocycles. The maximum Gasteiger partial charge on any atom is 0.408 e. The average Bonchev–Trinajstić information content (AvgIpc) is 2.88. The van der Waals surface area contributed by atoms with Gasteiger partial charge < -0.3 is 30.2 Å². The Labute approximate surface area is 229 Å². The zero-order valence-corrected chi connectivity index (χ0v) is 23.1. The normalized spacial score (nSPS) is 11.6. The number of carbonyl (C=O) groups excluding carboxylic acids is 4. The fourth-order valence-corrected chi connectivity index (χ4v) is 3.56. The summed E-state index contributed by atoms with van der Waals surface area (Å²) in [7, 11) is 0. The second kappa shape index (κ2) is 16.0. The van der Waals surface area contributed by atoms with E-state index in [0.29, 0.717) is 6.42 Å². The van der Waals surface area contributed by atoms with Crippen LogP contribution >= 0.6 is 0 Å². The SMILES string of the molecule is CCOC(=O)Cc1ccccc1CNC(=O)[C@H](CCCNC(=O)OCc1ccccc1)NC(=O)OC(C)(C)C. The second-order valence-corrected chi connectivity index (χ2v) is 9.80. The highest BCUT2D eigenvalue weighted by Gasteiger charge is 2.24. The molecule has 0 spiro atoms. The van der Waals surface area contributed by atoms with Crippen LogP contribution in [0.1, 0.15) is 57.2 Å². The maximum absolute atomic E-state index is 13.1. The van der Waals surface area contributed by atoms with E-state index in [4.69, 9.17) is 14.2 Å². The molecular formula is C29H39N3O7. The minimum atomic E-state index is -0.904. The molecule has 1 atom stereocenters. The number of hydrogen-bond donors (Lipinski definition) is 3. The van der Waals surface area contributed by atoms with Crippen molar-refractivity contribution >= 4 is 24.1 Å².